The predicted octanol–water partition coefficient (Wildman–Crippen LogP) is 4.16. The summed E-state index contributed by atoms with van der Waals surface area (Å²) >= 11 is 0. The molecule has 1 N–H and O–H groups in total. The van der Waals surface area contributed by atoms with Gasteiger partial charge in [-0.15, -0.1) is 0 Å². The Bertz CT molecular complexity index is 354. The minimum atomic E-state index is 0.715. The van der Waals surface area contributed by atoms with Gasteiger partial charge in [0, 0.05) is 12.6 Å². The maximum absolute atomic E-state index is 3.75. The van der Waals surface area contributed by atoms with Crippen molar-refractivity contribution in [1.82, 2.24) is 5.32 Å². The summed E-state index contributed by atoms with van der Waals surface area (Å²) < 4.78 is 0. The van der Waals surface area contributed by atoms with Crippen molar-refractivity contribution < 1.29 is 0 Å². The third-order valence-corrected chi connectivity index (χ3v) is 4.43. The fourth-order valence-electron chi connectivity index (χ4n) is 3.11. The van der Waals surface area contributed by atoms with Crippen molar-refractivity contribution in [1.29, 1.82) is 0 Å². The van der Waals surface area contributed by atoms with Gasteiger partial charge >= 0.3 is 0 Å². The lowest BCUT2D eigenvalue weighted by Crippen LogP contribution is -2.38. The fourth-order valence-corrected chi connectivity index (χ4v) is 3.11. The number of hydrogen-bond donors (Lipinski definition) is 1. The normalized spacial score (nSPS) is 28.3. The van der Waals surface area contributed by atoms with Crippen LogP contribution in [-0.4, -0.2) is 6.04 Å². The molecule has 1 aliphatic rings. The lowest BCUT2D eigenvalue weighted by Gasteiger charge is -2.33. The Hall–Kier alpha value is -0.820. The topological polar surface area (TPSA) is 12.0 Å². The summed E-state index contributed by atoms with van der Waals surface area (Å²) in [5.41, 5.74) is 2.84. The summed E-state index contributed by atoms with van der Waals surface area (Å²) in [6, 6.07) is 9.75. The molecule has 0 heterocycles. The van der Waals surface area contributed by atoms with Crippen molar-refractivity contribution in [3.05, 3.63) is 35.4 Å². The molecule has 0 aliphatic heterocycles. The Balaban J connectivity index is 1.83. The van der Waals surface area contributed by atoms with Crippen LogP contribution in [0.25, 0.3) is 0 Å². The van der Waals surface area contributed by atoms with E-state index in [1.54, 1.807) is 0 Å². The second kappa shape index (κ2) is 6.38. The number of hydrogen-bond acceptors (Lipinski definition) is 1. The molecular weight excluding hydrogens is 218 g/mol. The van der Waals surface area contributed by atoms with E-state index in [1.165, 1.54) is 30.4 Å². The highest BCUT2D eigenvalue weighted by molar-refractivity contribution is 5.22. The van der Waals surface area contributed by atoms with E-state index in [0.717, 1.165) is 24.8 Å². The van der Waals surface area contributed by atoms with Gasteiger partial charge in [-0.25, -0.2) is 0 Å². The number of aryl methyl sites for hydroxylation is 1. The van der Waals surface area contributed by atoms with Crippen LogP contribution < -0.4 is 5.32 Å². The van der Waals surface area contributed by atoms with Crippen LogP contribution >= 0.6 is 0 Å². The zero-order chi connectivity index (χ0) is 13.0. The Labute approximate surface area is 112 Å². The lowest BCUT2D eigenvalue weighted by atomic mass is 9.80. The number of nitrogens with one attached hydrogen (secondary N) is 1. The van der Waals surface area contributed by atoms with Gasteiger partial charge in [0.2, 0.25) is 0 Å². The Morgan fingerprint density at radius 3 is 2.33 bits per heavy atom. The highest BCUT2D eigenvalue weighted by Gasteiger charge is 2.24. The predicted molar refractivity (Wildman–Crippen MR) is 78.6 cm³/mol. The van der Waals surface area contributed by atoms with Crippen LogP contribution in [0.4, 0.5) is 0 Å². The van der Waals surface area contributed by atoms with E-state index in [4.69, 9.17) is 0 Å². The molecule has 0 spiro atoms. The average molecular weight is 245 g/mol. The smallest absolute Gasteiger partial charge is 0.0208 e. The second-order valence-electron chi connectivity index (χ2n) is 6.05. The van der Waals surface area contributed by atoms with Gasteiger partial charge < -0.3 is 5.32 Å². The van der Waals surface area contributed by atoms with Crippen LogP contribution in [0.15, 0.2) is 24.3 Å². The molecule has 1 nitrogen and oxygen atoms in total. The molecule has 0 aromatic heterocycles. The molecule has 1 aliphatic carbocycles. The maximum atomic E-state index is 3.75. The summed E-state index contributed by atoms with van der Waals surface area (Å²) in [4.78, 5) is 0. The third kappa shape index (κ3) is 3.58. The molecule has 0 saturated heterocycles. The standard InChI is InChI=1S/C17H27N/c1-4-15-6-8-16(9-7-15)12-18-17-10-5-13(2)11-14(17)3/h6-9,13-14,17-18H,4-5,10-12H2,1-3H3. The molecule has 3 unspecified atom stereocenters. The minimum Gasteiger partial charge on any atom is -0.310 e. The van der Waals surface area contributed by atoms with Gasteiger partial charge in [-0.3, -0.25) is 0 Å². The van der Waals surface area contributed by atoms with Crippen LogP contribution in [0, 0.1) is 11.8 Å². The molecule has 100 valence electrons. The van der Waals surface area contributed by atoms with E-state index in [2.05, 4.69) is 50.4 Å². The van der Waals surface area contributed by atoms with Crippen LogP contribution in [0.1, 0.15) is 51.2 Å². The van der Waals surface area contributed by atoms with Gasteiger partial charge in [0.1, 0.15) is 0 Å². The van der Waals surface area contributed by atoms with Crippen molar-refractivity contribution in [2.45, 2.75) is 59.0 Å². The Kier molecular flexibility index (Phi) is 4.82. The van der Waals surface area contributed by atoms with Crippen molar-refractivity contribution in [3.8, 4) is 0 Å². The molecule has 1 aromatic rings. The second-order valence-corrected chi connectivity index (χ2v) is 6.05. The van der Waals surface area contributed by atoms with Crippen LogP contribution in [0.3, 0.4) is 0 Å². The van der Waals surface area contributed by atoms with Gasteiger partial charge in [0.15, 0.2) is 0 Å². The quantitative estimate of drug-likeness (QED) is 0.839. The van der Waals surface area contributed by atoms with Gasteiger partial charge in [-0.1, -0.05) is 45.0 Å². The zero-order valence-electron chi connectivity index (χ0n) is 12.1. The molecule has 0 amide bonds. The molecule has 1 saturated carbocycles. The van der Waals surface area contributed by atoms with Crippen LogP contribution in [0.2, 0.25) is 0 Å². The third-order valence-electron chi connectivity index (χ3n) is 4.43. The van der Waals surface area contributed by atoms with E-state index in [-0.39, 0.29) is 0 Å². The number of rotatable bonds is 4. The Morgan fingerprint density at radius 1 is 1.06 bits per heavy atom. The van der Waals surface area contributed by atoms with Crippen LogP contribution in [0.5, 0.6) is 0 Å². The van der Waals surface area contributed by atoms with Crippen molar-refractivity contribution in [3.63, 3.8) is 0 Å². The summed E-state index contributed by atoms with van der Waals surface area (Å²) in [6.07, 6.45) is 5.24. The molecule has 1 heteroatoms. The average Bonchev–Trinajstić information content (AvgIpc) is 2.38. The fraction of sp³-hybridized carbons (Fsp3) is 0.647. The summed E-state index contributed by atoms with van der Waals surface area (Å²) in [5, 5.41) is 3.75. The summed E-state index contributed by atoms with van der Waals surface area (Å²) in [6.45, 7) is 8.01. The van der Waals surface area contributed by atoms with Crippen molar-refractivity contribution in [2.75, 3.05) is 0 Å². The monoisotopic (exact) mass is 245 g/mol. The first-order chi connectivity index (χ1) is 8.69. The molecule has 0 radical (unpaired) electrons. The first-order valence-corrected chi connectivity index (χ1v) is 7.50. The molecule has 3 atom stereocenters. The molecule has 1 aromatic carbocycles. The molecule has 18 heavy (non-hydrogen) atoms. The van der Waals surface area contributed by atoms with E-state index in [9.17, 15) is 0 Å². The van der Waals surface area contributed by atoms with E-state index in [1.807, 2.05) is 0 Å². The first kappa shape index (κ1) is 13.6. The highest BCUT2D eigenvalue weighted by Crippen LogP contribution is 2.28. The Morgan fingerprint density at radius 2 is 1.72 bits per heavy atom. The summed E-state index contributed by atoms with van der Waals surface area (Å²) in [7, 11) is 0. The molecule has 1 fully saturated rings. The molecular formula is C17H27N. The number of benzene rings is 1. The van der Waals surface area contributed by atoms with Crippen molar-refractivity contribution in [2.24, 2.45) is 11.8 Å². The largest absolute Gasteiger partial charge is 0.310 e. The first-order valence-electron chi connectivity index (χ1n) is 7.50. The zero-order valence-corrected chi connectivity index (χ0v) is 12.1. The van der Waals surface area contributed by atoms with Crippen molar-refractivity contribution >= 4 is 0 Å². The minimum absolute atomic E-state index is 0.715. The SMILES string of the molecule is CCc1ccc(CNC2CCC(C)CC2C)cc1. The van der Waals surface area contributed by atoms with Crippen LogP contribution in [-0.2, 0) is 13.0 Å². The lowest BCUT2D eigenvalue weighted by molar-refractivity contribution is 0.227. The van der Waals surface area contributed by atoms with Gasteiger partial charge in [-0.2, -0.15) is 0 Å². The van der Waals surface area contributed by atoms with E-state index >= 15 is 0 Å². The maximum Gasteiger partial charge on any atom is 0.0208 e. The molecule has 0 bridgehead atoms. The van der Waals surface area contributed by atoms with Gasteiger partial charge in [-0.05, 0) is 48.6 Å². The van der Waals surface area contributed by atoms with E-state index < -0.39 is 0 Å². The molecule has 2 rings (SSSR count). The summed E-state index contributed by atoms with van der Waals surface area (Å²) in [5.74, 6) is 1.74. The van der Waals surface area contributed by atoms with Gasteiger partial charge in [0.25, 0.3) is 0 Å². The van der Waals surface area contributed by atoms with E-state index in [0.29, 0.717) is 6.04 Å². The van der Waals surface area contributed by atoms with Gasteiger partial charge in [0.05, 0.1) is 0 Å². The highest BCUT2D eigenvalue weighted by atomic mass is 14.9.